The summed E-state index contributed by atoms with van der Waals surface area (Å²) in [7, 11) is -3.38. The maximum atomic E-state index is 11.2. The molecule has 2 N–H and O–H groups in total. The van der Waals surface area contributed by atoms with Crippen LogP contribution in [0.5, 0.6) is 0 Å². The van der Waals surface area contributed by atoms with E-state index in [9.17, 15) is 13.2 Å². The summed E-state index contributed by atoms with van der Waals surface area (Å²) in [5.74, 6) is 0.0413. The minimum atomic E-state index is -3.38. The second-order valence-corrected chi connectivity index (χ2v) is 7.14. The first-order valence-corrected chi connectivity index (χ1v) is 8.65. The van der Waals surface area contributed by atoms with Crippen molar-refractivity contribution < 1.29 is 13.2 Å². The minimum Gasteiger partial charge on any atom is -0.302 e. The predicted octanol–water partition coefficient (Wildman–Crippen LogP) is 1.84. The summed E-state index contributed by atoms with van der Waals surface area (Å²) < 4.78 is 24.8. The van der Waals surface area contributed by atoms with E-state index < -0.39 is 10.0 Å². The van der Waals surface area contributed by atoms with Crippen molar-refractivity contribution >= 4 is 38.2 Å². The van der Waals surface area contributed by atoms with Crippen molar-refractivity contribution in [2.24, 2.45) is 0 Å². The van der Waals surface area contributed by atoms with Gasteiger partial charge in [-0.15, -0.1) is 0 Å². The van der Waals surface area contributed by atoms with Crippen molar-refractivity contribution in [2.75, 3.05) is 16.3 Å². The average Bonchev–Trinajstić information content (AvgIpc) is 2.67. The maximum Gasteiger partial charge on any atom is 0.230 e. The van der Waals surface area contributed by atoms with Crippen LogP contribution in [-0.2, 0) is 14.8 Å². The Labute approximate surface area is 126 Å². The molecule has 0 bridgehead atoms. The van der Waals surface area contributed by atoms with Gasteiger partial charge in [0.25, 0.3) is 0 Å². The molecule has 0 saturated heterocycles. The number of carbonyl (C=O) groups is 1. The van der Waals surface area contributed by atoms with E-state index in [1.807, 2.05) is 0 Å². The molecule has 21 heavy (non-hydrogen) atoms. The highest BCUT2D eigenvalue weighted by Crippen LogP contribution is 2.32. The zero-order chi connectivity index (χ0) is 15.6. The molecule has 0 aliphatic carbocycles. The van der Waals surface area contributed by atoms with Gasteiger partial charge in [0.2, 0.25) is 15.9 Å². The number of nitrogens with zero attached hydrogens (tertiary/aromatic N) is 2. The van der Waals surface area contributed by atoms with Crippen LogP contribution in [0.4, 0.5) is 10.9 Å². The van der Waals surface area contributed by atoms with Gasteiger partial charge in [-0.2, -0.15) is 0 Å². The van der Waals surface area contributed by atoms with Crippen LogP contribution >= 0.6 is 11.3 Å². The van der Waals surface area contributed by atoms with Crippen molar-refractivity contribution in [2.45, 2.75) is 13.8 Å². The zero-order valence-corrected chi connectivity index (χ0v) is 13.3. The Morgan fingerprint density at radius 3 is 2.62 bits per heavy atom. The van der Waals surface area contributed by atoms with Gasteiger partial charge in [-0.1, -0.05) is 17.4 Å². The smallest absolute Gasteiger partial charge is 0.230 e. The molecule has 2 heterocycles. The van der Waals surface area contributed by atoms with Crippen molar-refractivity contribution in [3.05, 3.63) is 23.9 Å². The van der Waals surface area contributed by atoms with E-state index in [2.05, 4.69) is 20.0 Å². The second kappa shape index (κ2) is 5.78. The summed E-state index contributed by atoms with van der Waals surface area (Å²) in [6.07, 6.45) is 1.06. The molecule has 7 nitrogen and oxygen atoms in total. The molecule has 0 spiro atoms. The van der Waals surface area contributed by atoms with Crippen LogP contribution in [0.3, 0.4) is 0 Å². The molecule has 0 saturated carbocycles. The Bertz CT molecular complexity index is 784. The van der Waals surface area contributed by atoms with Gasteiger partial charge in [-0.25, -0.2) is 18.4 Å². The van der Waals surface area contributed by atoms with Crippen molar-refractivity contribution in [1.82, 2.24) is 9.97 Å². The Hall–Kier alpha value is -2.00. The van der Waals surface area contributed by atoms with Crippen LogP contribution in [0, 0.1) is 6.92 Å². The average molecular weight is 326 g/mol. The van der Waals surface area contributed by atoms with E-state index in [0.717, 1.165) is 11.1 Å². The van der Waals surface area contributed by atoms with Crippen LogP contribution in [0.15, 0.2) is 18.2 Å². The molecule has 0 aliphatic rings. The normalized spacial score (nSPS) is 11.2. The summed E-state index contributed by atoms with van der Waals surface area (Å²) in [6, 6.07) is 5.02. The molecule has 0 aromatic carbocycles. The monoisotopic (exact) mass is 326 g/mol. The molecule has 112 valence electrons. The van der Waals surface area contributed by atoms with E-state index in [-0.39, 0.29) is 11.7 Å². The molecular formula is C12H14N4O3S2. The molecule has 2 aromatic heterocycles. The van der Waals surface area contributed by atoms with E-state index in [1.165, 1.54) is 18.3 Å². The molecule has 0 radical (unpaired) electrons. The number of amides is 1. The molecule has 0 atom stereocenters. The third-order valence-corrected chi connectivity index (χ3v) is 4.03. The van der Waals surface area contributed by atoms with E-state index >= 15 is 0 Å². The molecule has 0 unspecified atom stereocenters. The molecule has 0 aliphatic heterocycles. The highest BCUT2D eigenvalue weighted by atomic mass is 32.2. The lowest BCUT2D eigenvalue weighted by molar-refractivity contribution is -0.114. The number of aromatic nitrogens is 2. The number of thiazole rings is 1. The molecule has 9 heteroatoms. The SMILES string of the molecule is CC(=O)Nc1nc(C)c(-c2cccc(NS(C)(=O)=O)n2)s1. The molecule has 2 rings (SSSR count). The third-order valence-electron chi connectivity index (χ3n) is 2.35. The number of aryl methyl sites for hydroxylation is 1. The first-order valence-electron chi connectivity index (χ1n) is 5.95. The van der Waals surface area contributed by atoms with Crippen molar-refractivity contribution in [1.29, 1.82) is 0 Å². The summed E-state index contributed by atoms with van der Waals surface area (Å²) in [5, 5.41) is 3.10. The predicted molar refractivity (Wildman–Crippen MR) is 82.9 cm³/mol. The summed E-state index contributed by atoms with van der Waals surface area (Å²) >= 11 is 1.28. The summed E-state index contributed by atoms with van der Waals surface area (Å²) in [4.78, 5) is 20.3. The lowest BCUT2D eigenvalue weighted by atomic mass is 10.2. The minimum absolute atomic E-state index is 0.198. The van der Waals surface area contributed by atoms with E-state index in [4.69, 9.17) is 0 Å². The molecule has 2 aromatic rings. The van der Waals surface area contributed by atoms with Crippen LogP contribution in [0.1, 0.15) is 12.6 Å². The lowest BCUT2D eigenvalue weighted by Gasteiger charge is -2.04. The number of anilines is 2. The Kier molecular flexibility index (Phi) is 4.24. The summed E-state index contributed by atoms with van der Waals surface area (Å²) in [5.41, 5.74) is 1.31. The number of hydrogen-bond acceptors (Lipinski definition) is 6. The second-order valence-electron chi connectivity index (χ2n) is 4.40. The molecule has 1 amide bonds. The van der Waals surface area contributed by atoms with E-state index in [0.29, 0.717) is 16.5 Å². The van der Waals surface area contributed by atoms with Gasteiger partial charge in [-0.3, -0.25) is 9.52 Å². The number of pyridine rings is 1. The molecule has 0 fully saturated rings. The fourth-order valence-corrected chi connectivity index (χ4v) is 3.12. The number of nitrogens with one attached hydrogen (secondary N) is 2. The number of sulfonamides is 1. The first-order chi connectivity index (χ1) is 9.74. The summed E-state index contributed by atoms with van der Waals surface area (Å²) in [6.45, 7) is 3.21. The largest absolute Gasteiger partial charge is 0.302 e. The molecular weight excluding hydrogens is 312 g/mol. The standard InChI is InChI=1S/C12H14N4O3S2/c1-7-11(20-12(13-7)14-8(2)17)9-5-4-6-10(15-9)16-21(3,18)19/h4-6H,1-3H3,(H,15,16)(H,13,14,17). The Morgan fingerprint density at radius 1 is 1.29 bits per heavy atom. The fraction of sp³-hybridized carbons (Fsp3) is 0.250. The van der Waals surface area contributed by atoms with Crippen molar-refractivity contribution in [3.63, 3.8) is 0 Å². The first kappa shape index (κ1) is 15.4. The fourth-order valence-electron chi connectivity index (χ4n) is 1.65. The van der Waals surface area contributed by atoms with Crippen LogP contribution in [-0.4, -0.2) is 30.5 Å². The lowest BCUT2D eigenvalue weighted by Crippen LogP contribution is -2.10. The maximum absolute atomic E-state index is 11.2. The van der Waals surface area contributed by atoms with Crippen LogP contribution in [0.25, 0.3) is 10.6 Å². The topological polar surface area (TPSA) is 101 Å². The Balaban J connectivity index is 2.36. The quantitative estimate of drug-likeness (QED) is 0.893. The Morgan fingerprint density at radius 2 is 2.00 bits per heavy atom. The van der Waals surface area contributed by atoms with Gasteiger partial charge >= 0.3 is 0 Å². The number of hydrogen-bond donors (Lipinski definition) is 2. The van der Waals surface area contributed by atoms with Gasteiger partial charge in [0.1, 0.15) is 5.82 Å². The van der Waals surface area contributed by atoms with Gasteiger partial charge < -0.3 is 5.32 Å². The number of carbonyl (C=O) groups excluding carboxylic acids is 1. The van der Waals surface area contributed by atoms with Gasteiger partial charge in [-0.05, 0) is 19.1 Å². The number of rotatable bonds is 4. The van der Waals surface area contributed by atoms with Crippen LogP contribution < -0.4 is 10.0 Å². The zero-order valence-electron chi connectivity index (χ0n) is 11.7. The van der Waals surface area contributed by atoms with Crippen LogP contribution in [0.2, 0.25) is 0 Å². The highest BCUT2D eigenvalue weighted by Gasteiger charge is 2.13. The van der Waals surface area contributed by atoms with Gasteiger partial charge in [0.15, 0.2) is 5.13 Å². The van der Waals surface area contributed by atoms with Gasteiger partial charge in [0, 0.05) is 6.92 Å². The third kappa shape index (κ3) is 4.23. The van der Waals surface area contributed by atoms with Gasteiger partial charge in [0.05, 0.1) is 22.5 Å². The highest BCUT2D eigenvalue weighted by molar-refractivity contribution is 7.92. The van der Waals surface area contributed by atoms with Crippen molar-refractivity contribution in [3.8, 4) is 10.6 Å². The van der Waals surface area contributed by atoms with E-state index in [1.54, 1.807) is 25.1 Å².